The molecule has 1 atom stereocenters. The number of anilines is 1. The van der Waals surface area contributed by atoms with E-state index in [1.807, 2.05) is 19.2 Å². The molecule has 0 bridgehead atoms. The van der Waals surface area contributed by atoms with E-state index in [1.54, 1.807) is 12.1 Å². The molecule has 0 fully saturated rings. The lowest BCUT2D eigenvalue weighted by atomic mass is 10.1. The third kappa shape index (κ3) is 3.18. The molecule has 0 radical (unpaired) electrons. The van der Waals surface area contributed by atoms with E-state index in [2.05, 4.69) is 11.2 Å². The van der Waals surface area contributed by atoms with Crippen LogP contribution in [-0.4, -0.2) is 23.4 Å². The van der Waals surface area contributed by atoms with Gasteiger partial charge in [0.25, 0.3) is 0 Å². The number of rotatable bonds is 5. The van der Waals surface area contributed by atoms with Gasteiger partial charge in [-0.15, -0.1) is 18.2 Å². The van der Waals surface area contributed by atoms with Crippen LogP contribution in [0.25, 0.3) is 0 Å². The van der Waals surface area contributed by atoms with Gasteiger partial charge in [-0.05, 0) is 24.8 Å². The summed E-state index contributed by atoms with van der Waals surface area (Å²) in [5.41, 5.74) is 0.864. The van der Waals surface area contributed by atoms with E-state index in [0.29, 0.717) is 5.69 Å². The van der Waals surface area contributed by atoms with Crippen LogP contribution in [0.5, 0.6) is 0 Å². The van der Waals surface area contributed by atoms with Crippen LogP contribution in [0.3, 0.4) is 0 Å². The summed E-state index contributed by atoms with van der Waals surface area (Å²) in [6.45, 7) is 1.95. The third-order valence-electron chi connectivity index (χ3n) is 2.40. The number of nitrogens with one attached hydrogen (secondary N) is 1. The molecule has 3 nitrogen and oxygen atoms in total. The molecule has 0 heterocycles. The number of carboxylic acids is 1. The maximum absolute atomic E-state index is 11.3. The van der Waals surface area contributed by atoms with Crippen molar-refractivity contribution in [3.8, 4) is 12.3 Å². The predicted molar refractivity (Wildman–Crippen MR) is 71.7 cm³/mol. The maximum atomic E-state index is 11.3. The standard InChI is InChI=1S/C13H15NO2S/c1-4-9(5-2)14-10-7-6-8-11(17-3)12(10)13(15)16/h1,6-9,14H,5H2,2-3H3,(H,15,16). The predicted octanol–water partition coefficient (Wildman–Crippen LogP) is 2.93. The van der Waals surface area contributed by atoms with E-state index in [-0.39, 0.29) is 11.6 Å². The average molecular weight is 249 g/mol. The molecule has 90 valence electrons. The summed E-state index contributed by atoms with van der Waals surface area (Å²) in [4.78, 5) is 12.0. The number of carbonyl (C=O) groups is 1. The lowest BCUT2D eigenvalue weighted by Crippen LogP contribution is -2.18. The molecule has 0 aliphatic carbocycles. The summed E-state index contributed by atoms with van der Waals surface area (Å²) in [5.74, 6) is 1.65. The number of aromatic carboxylic acids is 1. The van der Waals surface area contributed by atoms with Crippen molar-refractivity contribution < 1.29 is 9.90 Å². The molecule has 4 heteroatoms. The zero-order valence-electron chi connectivity index (χ0n) is 9.86. The summed E-state index contributed by atoms with van der Waals surface area (Å²) in [6.07, 6.45) is 7.96. The summed E-state index contributed by atoms with van der Waals surface area (Å²) in [5, 5.41) is 12.3. The number of terminal acetylenes is 1. The summed E-state index contributed by atoms with van der Waals surface area (Å²) < 4.78 is 0. The number of hydrogen-bond acceptors (Lipinski definition) is 3. The molecular formula is C13H15NO2S. The first-order chi connectivity index (χ1) is 8.13. The second kappa shape index (κ2) is 6.21. The topological polar surface area (TPSA) is 49.3 Å². The van der Waals surface area contributed by atoms with Crippen molar-refractivity contribution in [3.05, 3.63) is 23.8 Å². The van der Waals surface area contributed by atoms with Gasteiger partial charge in [-0.3, -0.25) is 0 Å². The van der Waals surface area contributed by atoms with Crippen molar-refractivity contribution in [2.24, 2.45) is 0 Å². The fourth-order valence-corrected chi connectivity index (χ4v) is 2.11. The van der Waals surface area contributed by atoms with Gasteiger partial charge >= 0.3 is 5.97 Å². The minimum atomic E-state index is -0.940. The summed E-state index contributed by atoms with van der Waals surface area (Å²) in [7, 11) is 0. The molecule has 1 unspecified atom stereocenters. The Bertz CT molecular complexity index is 451. The Morgan fingerprint density at radius 1 is 1.65 bits per heavy atom. The molecule has 0 amide bonds. The molecule has 0 aromatic heterocycles. The first kappa shape index (κ1) is 13.5. The van der Waals surface area contributed by atoms with Crippen molar-refractivity contribution in [1.82, 2.24) is 0 Å². The summed E-state index contributed by atoms with van der Waals surface area (Å²) >= 11 is 1.41. The Morgan fingerprint density at radius 2 is 2.35 bits per heavy atom. The van der Waals surface area contributed by atoms with Gasteiger partial charge in [-0.2, -0.15) is 0 Å². The largest absolute Gasteiger partial charge is 0.478 e. The number of benzene rings is 1. The maximum Gasteiger partial charge on any atom is 0.338 e. The van der Waals surface area contributed by atoms with Crippen molar-refractivity contribution in [2.75, 3.05) is 11.6 Å². The minimum absolute atomic E-state index is 0.148. The molecule has 0 spiro atoms. The van der Waals surface area contributed by atoms with Crippen molar-refractivity contribution >= 4 is 23.4 Å². The Balaban J connectivity index is 3.15. The van der Waals surface area contributed by atoms with Crippen molar-refractivity contribution in [2.45, 2.75) is 24.3 Å². The number of hydrogen-bond donors (Lipinski definition) is 2. The first-order valence-corrected chi connectivity index (χ1v) is 6.49. The molecule has 0 aliphatic rings. The van der Waals surface area contributed by atoms with Gasteiger partial charge in [0.05, 0.1) is 17.3 Å². The SMILES string of the molecule is C#CC(CC)Nc1cccc(SC)c1C(=O)O. The fraction of sp³-hybridized carbons (Fsp3) is 0.308. The van der Waals surface area contributed by atoms with Crippen LogP contribution in [0.15, 0.2) is 23.1 Å². The van der Waals surface area contributed by atoms with Gasteiger partial charge in [-0.25, -0.2) is 4.79 Å². The zero-order valence-corrected chi connectivity index (χ0v) is 10.7. The van der Waals surface area contributed by atoms with Gasteiger partial charge in [0.1, 0.15) is 0 Å². The summed E-state index contributed by atoms with van der Waals surface area (Å²) in [6, 6.07) is 5.20. The Hall–Kier alpha value is -1.60. The van der Waals surface area contributed by atoms with Gasteiger partial charge < -0.3 is 10.4 Å². The first-order valence-electron chi connectivity index (χ1n) is 5.27. The minimum Gasteiger partial charge on any atom is -0.478 e. The Labute approximate surface area is 106 Å². The molecule has 0 saturated heterocycles. The lowest BCUT2D eigenvalue weighted by molar-refractivity contribution is 0.0694. The van der Waals surface area contributed by atoms with E-state index in [1.165, 1.54) is 11.8 Å². The molecule has 17 heavy (non-hydrogen) atoms. The van der Waals surface area contributed by atoms with Gasteiger partial charge in [-0.1, -0.05) is 18.9 Å². The second-order valence-electron chi connectivity index (χ2n) is 3.46. The molecule has 0 saturated carbocycles. The fourth-order valence-electron chi connectivity index (χ4n) is 1.49. The smallest absolute Gasteiger partial charge is 0.338 e. The highest BCUT2D eigenvalue weighted by Gasteiger charge is 2.16. The van der Waals surface area contributed by atoms with Crippen LogP contribution >= 0.6 is 11.8 Å². The van der Waals surface area contributed by atoms with Crippen LogP contribution in [0.1, 0.15) is 23.7 Å². The van der Waals surface area contributed by atoms with Crippen LogP contribution in [0.4, 0.5) is 5.69 Å². The van der Waals surface area contributed by atoms with E-state index < -0.39 is 5.97 Å². The zero-order chi connectivity index (χ0) is 12.8. The molecular weight excluding hydrogens is 234 g/mol. The molecule has 1 aromatic carbocycles. The highest BCUT2D eigenvalue weighted by atomic mass is 32.2. The van der Waals surface area contributed by atoms with E-state index in [9.17, 15) is 9.90 Å². The van der Waals surface area contributed by atoms with Crippen LogP contribution in [0.2, 0.25) is 0 Å². The Kier molecular flexibility index (Phi) is 4.92. The van der Waals surface area contributed by atoms with Crippen LogP contribution in [0, 0.1) is 12.3 Å². The second-order valence-corrected chi connectivity index (χ2v) is 4.31. The number of carboxylic acid groups (broad SMARTS) is 1. The van der Waals surface area contributed by atoms with E-state index in [4.69, 9.17) is 6.42 Å². The van der Waals surface area contributed by atoms with Gasteiger partial charge in [0.2, 0.25) is 0 Å². The molecule has 0 aliphatic heterocycles. The third-order valence-corrected chi connectivity index (χ3v) is 3.18. The molecule has 2 N–H and O–H groups in total. The monoisotopic (exact) mass is 249 g/mol. The lowest BCUT2D eigenvalue weighted by Gasteiger charge is -2.16. The van der Waals surface area contributed by atoms with E-state index in [0.717, 1.165) is 11.3 Å². The van der Waals surface area contributed by atoms with Gasteiger partial charge in [0, 0.05) is 4.90 Å². The van der Waals surface area contributed by atoms with Gasteiger partial charge in [0.15, 0.2) is 0 Å². The van der Waals surface area contributed by atoms with Crippen LogP contribution < -0.4 is 5.32 Å². The number of thioether (sulfide) groups is 1. The van der Waals surface area contributed by atoms with Crippen LogP contribution in [-0.2, 0) is 0 Å². The average Bonchev–Trinajstić information content (AvgIpc) is 2.34. The van der Waals surface area contributed by atoms with Crippen molar-refractivity contribution in [1.29, 1.82) is 0 Å². The van der Waals surface area contributed by atoms with E-state index >= 15 is 0 Å². The highest BCUT2D eigenvalue weighted by Crippen LogP contribution is 2.27. The molecule has 1 aromatic rings. The highest BCUT2D eigenvalue weighted by molar-refractivity contribution is 7.98. The van der Waals surface area contributed by atoms with Crippen molar-refractivity contribution in [3.63, 3.8) is 0 Å². The normalized spacial score (nSPS) is 11.6. The quantitative estimate of drug-likeness (QED) is 0.622. The molecule has 1 rings (SSSR count). The Morgan fingerprint density at radius 3 is 2.82 bits per heavy atom.